The maximum absolute atomic E-state index is 13.4. The Morgan fingerprint density at radius 3 is 2.53 bits per heavy atom. The minimum atomic E-state index is -0.554. The molecule has 0 saturated heterocycles. The Hall–Kier alpha value is -4.59. The summed E-state index contributed by atoms with van der Waals surface area (Å²) in [5, 5.41) is 7.59. The molecule has 1 aliphatic rings. The van der Waals surface area contributed by atoms with Crippen LogP contribution in [0.25, 0.3) is 0 Å². The fraction of sp³-hybridized carbons (Fsp3) is 0.233. The third-order valence-corrected chi connectivity index (χ3v) is 6.29. The van der Waals surface area contributed by atoms with Gasteiger partial charge >= 0.3 is 5.97 Å². The third kappa shape index (κ3) is 5.39. The number of nitrogens with zero attached hydrogens (tertiary/aromatic N) is 3. The molecule has 194 valence electrons. The van der Waals surface area contributed by atoms with Gasteiger partial charge in [0.2, 0.25) is 5.95 Å². The van der Waals surface area contributed by atoms with E-state index in [1.54, 1.807) is 4.68 Å². The lowest BCUT2D eigenvalue weighted by Gasteiger charge is -2.28. The molecule has 0 spiro atoms. The number of carbonyl (C=O) groups excluding carboxylic acids is 1. The van der Waals surface area contributed by atoms with Gasteiger partial charge in [-0.05, 0) is 49.6 Å². The molecule has 3 aromatic carbocycles. The topological polar surface area (TPSA) is 87.5 Å². The number of hydrogen-bond donors (Lipinski definition) is 1. The lowest BCUT2D eigenvalue weighted by atomic mass is 9.95. The number of nitrogens with one attached hydrogen (secondary N) is 1. The van der Waals surface area contributed by atoms with Crippen LogP contribution in [0.15, 0.2) is 90.4 Å². The molecule has 1 N–H and O–H groups in total. The van der Waals surface area contributed by atoms with E-state index in [9.17, 15) is 4.79 Å². The molecule has 2 heterocycles. The first-order valence-electron chi connectivity index (χ1n) is 12.6. The molecule has 1 atom stereocenters. The van der Waals surface area contributed by atoms with E-state index < -0.39 is 12.0 Å². The number of aromatic nitrogens is 3. The molecular formula is C30H30N4O4. The number of carbonyl (C=O) groups is 1. The van der Waals surface area contributed by atoms with Crippen molar-refractivity contribution in [3.05, 3.63) is 113 Å². The molecule has 0 amide bonds. The summed E-state index contributed by atoms with van der Waals surface area (Å²) >= 11 is 0. The van der Waals surface area contributed by atoms with E-state index in [-0.39, 0.29) is 6.61 Å². The highest BCUT2D eigenvalue weighted by Gasteiger charge is 2.35. The molecule has 0 aliphatic carbocycles. The van der Waals surface area contributed by atoms with E-state index in [1.807, 2.05) is 74.5 Å². The summed E-state index contributed by atoms with van der Waals surface area (Å²) in [6.07, 6.45) is 1.46. The van der Waals surface area contributed by atoms with Gasteiger partial charge in [-0.15, -0.1) is 0 Å². The lowest BCUT2D eigenvalue weighted by Crippen LogP contribution is -2.29. The molecule has 4 aromatic rings. The molecular weight excluding hydrogens is 480 g/mol. The van der Waals surface area contributed by atoms with E-state index in [0.29, 0.717) is 41.9 Å². The molecule has 0 radical (unpaired) electrons. The summed E-state index contributed by atoms with van der Waals surface area (Å²) in [4.78, 5) is 17.7. The first kappa shape index (κ1) is 25.1. The van der Waals surface area contributed by atoms with Gasteiger partial charge in [-0.3, -0.25) is 0 Å². The second-order valence-corrected chi connectivity index (χ2v) is 9.07. The number of rotatable bonds is 9. The van der Waals surface area contributed by atoms with Gasteiger partial charge in [0, 0.05) is 5.70 Å². The number of anilines is 1. The highest BCUT2D eigenvalue weighted by atomic mass is 16.5. The van der Waals surface area contributed by atoms with Crippen LogP contribution in [-0.4, -0.2) is 27.3 Å². The van der Waals surface area contributed by atoms with Crippen LogP contribution in [0.2, 0.25) is 0 Å². The van der Waals surface area contributed by atoms with Crippen molar-refractivity contribution in [1.82, 2.24) is 14.8 Å². The fourth-order valence-corrected chi connectivity index (χ4v) is 4.51. The molecule has 0 fully saturated rings. The maximum Gasteiger partial charge on any atom is 0.338 e. The Balaban J connectivity index is 1.45. The quantitative estimate of drug-likeness (QED) is 0.293. The van der Waals surface area contributed by atoms with E-state index in [4.69, 9.17) is 14.2 Å². The van der Waals surface area contributed by atoms with Crippen LogP contribution in [0.1, 0.15) is 42.1 Å². The van der Waals surface area contributed by atoms with Crippen molar-refractivity contribution in [2.45, 2.75) is 40.0 Å². The van der Waals surface area contributed by atoms with Crippen LogP contribution >= 0.6 is 0 Å². The number of fused-ring (bicyclic) bond motifs is 1. The molecule has 1 aromatic heterocycles. The van der Waals surface area contributed by atoms with Crippen LogP contribution in [0.4, 0.5) is 5.95 Å². The molecule has 1 aliphatic heterocycles. The molecule has 38 heavy (non-hydrogen) atoms. The van der Waals surface area contributed by atoms with Gasteiger partial charge in [-0.25, -0.2) is 9.48 Å². The van der Waals surface area contributed by atoms with Crippen LogP contribution in [0, 0.1) is 6.92 Å². The summed E-state index contributed by atoms with van der Waals surface area (Å²) in [5.74, 6) is 1.33. The summed E-state index contributed by atoms with van der Waals surface area (Å²) in [7, 11) is 0. The Kier molecular flexibility index (Phi) is 7.40. The molecule has 8 nitrogen and oxygen atoms in total. The van der Waals surface area contributed by atoms with E-state index in [2.05, 4.69) is 34.5 Å². The van der Waals surface area contributed by atoms with Gasteiger partial charge in [0.15, 0.2) is 11.5 Å². The van der Waals surface area contributed by atoms with Crippen LogP contribution in [0.5, 0.6) is 11.5 Å². The fourth-order valence-electron chi connectivity index (χ4n) is 4.51. The summed E-state index contributed by atoms with van der Waals surface area (Å²) in [5.41, 5.74) is 5.07. The second kappa shape index (κ2) is 11.2. The number of ether oxygens (including phenoxy) is 3. The first-order chi connectivity index (χ1) is 18.5. The van der Waals surface area contributed by atoms with Gasteiger partial charge in [0.1, 0.15) is 25.6 Å². The largest absolute Gasteiger partial charge is 0.490 e. The normalized spacial score (nSPS) is 14.4. The number of benzene rings is 3. The standard InChI is InChI=1S/C30H30N4O4/c1-4-36-26-16-24(13-14-25(26)37-18-23-12-8-9-20(2)15-23)28-27(21(3)33-30-31-19-32-34(28)30)29(35)38-17-22-10-6-5-7-11-22/h5-16,19,28H,4,17-18H2,1-3H3,(H,31,32,33). The predicted molar refractivity (Wildman–Crippen MR) is 144 cm³/mol. The van der Waals surface area contributed by atoms with Crippen molar-refractivity contribution in [1.29, 1.82) is 0 Å². The smallest absolute Gasteiger partial charge is 0.338 e. The van der Waals surface area contributed by atoms with Crippen LogP contribution < -0.4 is 14.8 Å². The maximum atomic E-state index is 13.4. The Bertz CT molecular complexity index is 1460. The van der Waals surface area contributed by atoms with Gasteiger partial charge < -0.3 is 19.5 Å². The van der Waals surface area contributed by atoms with Gasteiger partial charge in [0.25, 0.3) is 0 Å². The van der Waals surface area contributed by atoms with Gasteiger partial charge in [0.05, 0.1) is 12.2 Å². The third-order valence-electron chi connectivity index (χ3n) is 6.29. The number of hydrogen-bond acceptors (Lipinski definition) is 7. The summed E-state index contributed by atoms with van der Waals surface area (Å²) in [6.45, 7) is 6.87. The Morgan fingerprint density at radius 1 is 0.921 bits per heavy atom. The van der Waals surface area contributed by atoms with Crippen molar-refractivity contribution in [3.63, 3.8) is 0 Å². The van der Waals surface area contributed by atoms with Gasteiger partial charge in [-0.1, -0.05) is 66.2 Å². The first-order valence-corrected chi connectivity index (χ1v) is 12.6. The van der Waals surface area contributed by atoms with Gasteiger partial charge in [-0.2, -0.15) is 10.1 Å². The lowest BCUT2D eigenvalue weighted by molar-refractivity contribution is -0.140. The van der Waals surface area contributed by atoms with E-state index >= 15 is 0 Å². The minimum Gasteiger partial charge on any atom is -0.490 e. The number of aryl methyl sites for hydroxylation is 1. The monoisotopic (exact) mass is 510 g/mol. The number of esters is 1. The Labute approximate surface area is 221 Å². The average molecular weight is 511 g/mol. The highest BCUT2D eigenvalue weighted by molar-refractivity contribution is 5.92. The van der Waals surface area contributed by atoms with Crippen molar-refractivity contribution >= 4 is 11.9 Å². The van der Waals surface area contributed by atoms with Crippen molar-refractivity contribution in [2.24, 2.45) is 0 Å². The minimum absolute atomic E-state index is 0.170. The summed E-state index contributed by atoms with van der Waals surface area (Å²) in [6, 6.07) is 22.9. The average Bonchev–Trinajstić information content (AvgIpc) is 3.39. The van der Waals surface area contributed by atoms with Crippen molar-refractivity contribution in [2.75, 3.05) is 11.9 Å². The molecule has 8 heteroatoms. The Morgan fingerprint density at radius 2 is 1.74 bits per heavy atom. The van der Waals surface area contributed by atoms with E-state index in [1.165, 1.54) is 11.9 Å². The van der Waals surface area contributed by atoms with Crippen molar-refractivity contribution < 1.29 is 19.0 Å². The number of allylic oxidation sites excluding steroid dienone is 1. The zero-order chi connectivity index (χ0) is 26.5. The molecule has 1 unspecified atom stereocenters. The highest BCUT2D eigenvalue weighted by Crippen LogP contribution is 2.39. The van der Waals surface area contributed by atoms with E-state index in [0.717, 1.165) is 16.7 Å². The zero-order valence-corrected chi connectivity index (χ0v) is 21.7. The van der Waals surface area contributed by atoms with Crippen molar-refractivity contribution in [3.8, 4) is 11.5 Å². The van der Waals surface area contributed by atoms with Crippen LogP contribution in [-0.2, 0) is 22.7 Å². The SMILES string of the molecule is CCOc1cc(C2C(C(=O)OCc3ccccc3)=C(C)Nc3ncnn32)ccc1OCc1cccc(C)c1. The predicted octanol–water partition coefficient (Wildman–Crippen LogP) is 5.60. The molecule has 5 rings (SSSR count). The second-order valence-electron chi connectivity index (χ2n) is 9.07. The molecule has 0 saturated carbocycles. The molecule has 0 bridgehead atoms. The zero-order valence-electron chi connectivity index (χ0n) is 21.7. The van der Waals surface area contributed by atoms with Crippen LogP contribution in [0.3, 0.4) is 0 Å². The summed E-state index contributed by atoms with van der Waals surface area (Å²) < 4.78 is 19.5.